The second kappa shape index (κ2) is 4.35. The molecule has 1 aliphatic carbocycles. The number of thiazole rings is 1. The van der Waals surface area contributed by atoms with Crippen molar-refractivity contribution in [1.29, 1.82) is 0 Å². The SMILES string of the molecule is CC1CCCC(N)(Cc2cn3ccsc3n2)C1C. The van der Waals surface area contributed by atoms with Gasteiger partial charge >= 0.3 is 0 Å². The van der Waals surface area contributed by atoms with E-state index in [9.17, 15) is 0 Å². The molecule has 2 aromatic rings. The molecule has 2 heterocycles. The van der Waals surface area contributed by atoms with Gasteiger partial charge in [-0.1, -0.05) is 26.7 Å². The molecule has 1 fully saturated rings. The molecule has 0 bridgehead atoms. The Hall–Kier alpha value is -0.870. The van der Waals surface area contributed by atoms with Gasteiger partial charge in [0.05, 0.1) is 5.69 Å². The second-order valence-electron chi connectivity index (χ2n) is 5.89. The van der Waals surface area contributed by atoms with Crippen molar-refractivity contribution in [3.63, 3.8) is 0 Å². The summed E-state index contributed by atoms with van der Waals surface area (Å²) in [6.45, 7) is 4.64. The molecule has 3 nitrogen and oxygen atoms in total. The first-order chi connectivity index (χ1) is 8.58. The molecule has 0 aliphatic heterocycles. The van der Waals surface area contributed by atoms with Crippen LogP contribution in [0.25, 0.3) is 4.96 Å². The smallest absolute Gasteiger partial charge is 0.193 e. The molecular weight excluding hydrogens is 242 g/mol. The maximum absolute atomic E-state index is 6.67. The zero-order valence-corrected chi connectivity index (χ0v) is 11.9. The largest absolute Gasteiger partial charge is 0.324 e. The van der Waals surface area contributed by atoms with Crippen molar-refractivity contribution >= 4 is 16.3 Å². The van der Waals surface area contributed by atoms with Crippen LogP contribution < -0.4 is 5.73 Å². The third-order valence-electron chi connectivity index (χ3n) is 4.72. The molecule has 1 saturated carbocycles. The van der Waals surface area contributed by atoms with Crippen LogP contribution in [0.2, 0.25) is 0 Å². The number of nitrogens with two attached hydrogens (primary N) is 1. The maximum Gasteiger partial charge on any atom is 0.193 e. The Kier molecular flexibility index (Phi) is 2.94. The highest BCUT2D eigenvalue weighted by Crippen LogP contribution is 2.37. The Morgan fingerprint density at radius 3 is 3.17 bits per heavy atom. The Morgan fingerprint density at radius 1 is 1.56 bits per heavy atom. The van der Waals surface area contributed by atoms with Gasteiger partial charge in [-0.05, 0) is 18.3 Å². The monoisotopic (exact) mass is 263 g/mol. The summed E-state index contributed by atoms with van der Waals surface area (Å²) < 4.78 is 2.10. The highest BCUT2D eigenvalue weighted by atomic mass is 32.1. The summed E-state index contributed by atoms with van der Waals surface area (Å²) in [7, 11) is 0. The van der Waals surface area contributed by atoms with E-state index in [1.165, 1.54) is 12.8 Å². The van der Waals surface area contributed by atoms with E-state index < -0.39 is 0 Å². The summed E-state index contributed by atoms with van der Waals surface area (Å²) in [5.74, 6) is 1.30. The first-order valence-electron chi connectivity index (χ1n) is 6.78. The average Bonchev–Trinajstić information content (AvgIpc) is 2.86. The molecule has 0 radical (unpaired) electrons. The molecule has 0 spiro atoms. The first kappa shape index (κ1) is 12.2. The van der Waals surface area contributed by atoms with Crippen molar-refractivity contribution in [3.05, 3.63) is 23.5 Å². The molecule has 3 rings (SSSR count). The average molecular weight is 263 g/mol. The molecule has 3 atom stereocenters. The third kappa shape index (κ3) is 1.97. The fraction of sp³-hybridized carbons (Fsp3) is 0.643. The number of nitrogens with zero attached hydrogens (tertiary/aromatic N) is 2. The van der Waals surface area contributed by atoms with E-state index in [4.69, 9.17) is 5.73 Å². The van der Waals surface area contributed by atoms with Crippen molar-refractivity contribution in [3.8, 4) is 0 Å². The van der Waals surface area contributed by atoms with E-state index in [2.05, 4.69) is 41.0 Å². The molecule has 98 valence electrons. The fourth-order valence-corrected chi connectivity index (χ4v) is 3.96. The van der Waals surface area contributed by atoms with Crippen molar-refractivity contribution in [2.75, 3.05) is 0 Å². The summed E-state index contributed by atoms with van der Waals surface area (Å²) >= 11 is 1.68. The molecule has 4 heteroatoms. The number of rotatable bonds is 2. The van der Waals surface area contributed by atoms with Crippen LogP contribution >= 0.6 is 11.3 Å². The van der Waals surface area contributed by atoms with Crippen molar-refractivity contribution in [2.24, 2.45) is 17.6 Å². The van der Waals surface area contributed by atoms with Crippen molar-refractivity contribution < 1.29 is 0 Å². The summed E-state index contributed by atoms with van der Waals surface area (Å²) in [6, 6.07) is 0. The van der Waals surface area contributed by atoms with E-state index in [0.29, 0.717) is 5.92 Å². The lowest BCUT2D eigenvalue weighted by Crippen LogP contribution is -2.52. The molecule has 0 aromatic carbocycles. The van der Waals surface area contributed by atoms with E-state index in [-0.39, 0.29) is 5.54 Å². The van der Waals surface area contributed by atoms with Crippen LogP contribution in [0.5, 0.6) is 0 Å². The van der Waals surface area contributed by atoms with Crippen LogP contribution in [0, 0.1) is 11.8 Å². The quantitative estimate of drug-likeness (QED) is 0.904. The van der Waals surface area contributed by atoms with E-state index >= 15 is 0 Å². The standard InChI is InChI=1S/C14H21N3S/c1-10-4-3-5-14(15,11(10)2)8-12-9-17-6-7-18-13(17)16-12/h6-7,9-11H,3-5,8,15H2,1-2H3. The lowest BCUT2D eigenvalue weighted by Gasteiger charge is -2.43. The lowest BCUT2D eigenvalue weighted by atomic mass is 9.67. The minimum absolute atomic E-state index is 0.0678. The molecule has 0 saturated heterocycles. The van der Waals surface area contributed by atoms with Crippen LogP contribution in [0.15, 0.2) is 17.8 Å². The Bertz CT molecular complexity index is 515. The lowest BCUT2D eigenvalue weighted by molar-refractivity contribution is 0.142. The van der Waals surface area contributed by atoms with Crippen LogP contribution in [0.1, 0.15) is 38.8 Å². The Labute approximate surface area is 112 Å². The minimum atomic E-state index is -0.0678. The van der Waals surface area contributed by atoms with Gasteiger partial charge in [-0.25, -0.2) is 4.98 Å². The van der Waals surface area contributed by atoms with Crippen LogP contribution in [0.4, 0.5) is 0 Å². The highest BCUT2D eigenvalue weighted by Gasteiger charge is 2.38. The number of hydrogen-bond acceptors (Lipinski definition) is 3. The predicted molar refractivity (Wildman–Crippen MR) is 75.9 cm³/mol. The summed E-state index contributed by atoms with van der Waals surface area (Å²) in [6.07, 6.45) is 8.80. The minimum Gasteiger partial charge on any atom is -0.324 e. The van der Waals surface area contributed by atoms with Crippen molar-refractivity contribution in [2.45, 2.75) is 45.1 Å². The number of fused-ring (bicyclic) bond motifs is 1. The van der Waals surface area contributed by atoms with Gasteiger partial charge in [-0.3, -0.25) is 4.40 Å². The molecule has 3 unspecified atom stereocenters. The molecule has 1 aliphatic rings. The molecular formula is C14H21N3S. The predicted octanol–water partition coefficient (Wildman–Crippen LogP) is 3.09. The topological polar surface area (TPSA) is 43.3 Å². The summed E-state index contributed by atoms with van der Waals surface area (Å²) in [5.41, 5.74) is 7.75. The maximum atomic E-state index is 6.67. The van der Waals surface area contributed by atoms with E-state index in [1.54, 1.807) is 11.3 Å². The van der Waals surface area contributed by atoms with Gasteiger partial charge in [-0.15, -0.1) is 11.3 Å². The molecule has 2 aromatic heterocycles. The zero-order chi connectivity index (χ0) is 12.8. The molecule has 18 heavy (non-hydrogen) atoms. The van der Waals surface area contributed by atoms with E-state index in [1.807, 2.05) is 0 Å². The summed E-state index contributed by atoms with van der Waals surface area (Å²) in [4.78, 5) is 5.75. The molecule has 2 N–H and O–H groups in total. The Morgan fingerprint density at radius 2 is 2.39 bits per heavy atom. The molecule has 0 amide bonds. The van der Waals surface area contributed by atoms with Gasteiger partial charge in [0.25, 0.3) is 0 Å². The summed E-state index contributed by atoms with van der Waals surface area (Å²) in [5, 5.41) is 2.07. The number of imidazole rings is 1. The first-order valence-corrected chi connectivity index (χ1v) is 7.66. The van der Waals surface area contributed by atoms with Gasteiger partial charge in [0.15, 0.2) is 4.96 Å². The van der Waals surface area contributed by atoms with Crippen LogP contribution in [-0.4, -0.2) is 14.9 Å². The van der Waals surface area contributed by atoms with Gasteiger partial charge in [0.1, 0.15) is 0 Å². The highest BCUT2D eigenvalue weighted by molar-refractivity contribution is 7.15. The number of aromatic nitrogens is 2. The second-order valence-corrected chi connectivity index (χ2v) is 6.77. The van der Waals surface area contributed by atoms with Crippen LogP contribution in [-0.2, 0) is 6.42 Å². The van der Waals surface area contributed by atoms with Gasteiger partial charge in [-0.2, -0.15) is 0 Å². The number of hydrogen-bond donors (Lipinski definition) is 1. The van der Waals surface area contributed by atoms with Crippen LogP contribution in [0.3, 0.4) is 0 Å². The van der Waals surface area contributed by atoms with Gasteiger partial charge in [0, 0.05) is 29.7 Å². The zero-order valence-electron chi connectivity index (χ0n) is 11.1. The Balaban J connectivity index is 1.84. The van der Waals surface area contributed by atoms with Crippen molar-refractivity contribution in [1.82, 2.24) is 9.38 Å². The van der Waals surface area contributed by atoms with E-state index in [0.717, 1.165) is 29.4 Å². The van der Waals surface area contributed by atoms with Gasteiger partial charge < -0.3 is 5.73 Å². The third-order valence-corrected chi connectivity index (χ3v) is 5.49. The normalized spacial score (nSPS) is 33.1. The van der Waals surface area contributed by atoms with Gasteiger partial charge in [0.2, 0.25) is 0 Å². The fourth-order valence-electron chi connectivity index (χ4n) is 3.25.